The predicted molar refractivity (Wildman–Crippen MR) is 120 cm³/mol. The number of hydrogen-bond acceptors (Lipinski definition) is 4. The lowest BCUT2D eigenvalue weighted by Gasteiger charge is -2.27. The maximum absolute atomic E-state index is 11.9. The molecule has 1 amide bonds. The van der Waals surface area contributed by atoms with E-state index in [0.717, 1.165) is 62.0 Å². The van der Waals surface area contributed by atoms with Crippen molar-refractivity contribution in [3.05, 3.63) is 15.6 Å². The number of aromatic nitrogens is 1. The molecule has 1 fully saturated rings. The molecule has 1 aromatic rings. The standard InChI is InChI=1S/C18H31N5OS.HI/c1-5-15(23-12-6-7-17(23)24)8-10-20-18(19-4)21-11-9-16-22-13(2)14(3)25-16;/h15H,5-12H2,1-4H3,(H2,19,20,21);1H. The van der Waals surface area contributed by atoms with Crippen LogP contribution in [-0.4, -0.2) is 54.5 Å². The number of rotatable bonds is 8. The first-order chi connectivity index (χ1) is 12.0. The molecule has 0 saturated carbocycles. The van der Waals surface area contributed by atoms with Crippen LogP contribution in [0.2, 0.25) is 0 Å². The minimum atomic E-state index is 0. The Balaban J connectivity index is 0.00000338. The van der Waals surface area contributed by atoms with E-state index in [1.807, 2.05) is 4.90 Å². The highest BCUT2D eigenvalue weighted by atomic mass is 127. The molecule has 2 rings (SSSR count). The Labute approximate surface area is 178 Å². The maximum atomic E-state index is 11.9. The first-order valence-electron chi connectivity index (χ1n) is 9.22. The number of aryl methyl sites for hydroxylation is 2. The van der Waals surface area contributed by atoms with Crippen molar-refractivity contribution in [2.75, 3.05) is 26.7 Å². The topological polar surface area (TPSA) is 69.6 Å². The Hall–Kier alpha value is -0.900. The van der Waals surface area contributed by atoms with Crippen molar-refractivity contribution in [2.24, 2.45) is 4.99 Å². The van der Waals surface area contributed by atoms with E-state index >= 15 is 0 Å². The number of thiazole rings is 1. The van der Waals surface area contributed by atoms with Gasteiger partial charge >= 0.3 is 0 Å². The molecule has 6 nitrogen and oxygen atoms in total. The van der Waals surface area contributed by atoms with Gasteiger partial charge in [-0.15, -0.1) is 35.3 Å². The van der Waals surface area contributed by atoms with Crippen molar-refractivity contribution in [1.82, 2.24) is 20.5 Å². The number of halogens is 1. The fourth-order valence-electron chi connectivity index (χ4n) is 3.15. The molecule has 1 aliphatic heterocycles. The van der Waals surface area contributed by atoms with Crippen LogP contribution in [0.25, 0.3) is 0 Å². The number of likely N-dealkylation sites (tertiary alicyclic amines) is 1. The molecule has 1 aromatic heterocycles. The van der Waals surface area contributed by atoms with Crippen LogP contribution in [-0.2, 0) is 11.2 Å². The van der Waals surface area contributed by atoms with Crippen molar-refractivity contribution >= 4 is 47.2 Å². The van der Waals surface area contributed by atoms with E-state index in [4.69, 9.17) is 0 Å². The zero-order valence-corrected chi connectivity index (χ0v) is 19.4. The SMILES string of the molecule is CCC(CCNC(=NC)NCCc1nc(C)c(C)s1)N1CCCC1=O.I. The molecule has 8 heteroatoms. The first-order valence-corrected chi connectivity index (χ1v) is 10.0. The fourth-order valence-corrected chi connectivity index (χ4v) is 4.08. The van der Waals surface area contributed by atoms with Gasteiger partial charge in [-0.3, -0.25) is 9.79 Å². The molecular weight excluding hydrogens is 461 g/mol. The molecule has 0 spiro atoms. The summed E-state index contributed by atoms with van der Waals surface area (Å²) in [6, 6.07) is 0.335. The molecule has 0 aromatic carbocycles. The lowest BCUT2D eigenvalue weighted by Crippen LogP contribution is -2.42. The molecule has 0 aliphatic carbocycles. The molecule has 1 unspecified atom stereocenters. The van der Waals surface area contributed by atoms with Gasteiger partial charge < -0.3 is 15.5 Å². The van der Waals surface area contributed by atoms with E-state index < -0.39 is 0 Å². The van der Waals surface area contributed by atoms with Crippen LogP contribution in [0.4, 0.5) is 0 Å². The van der Waals surface area contributed by atoms with E-state index in [2.05, 4.69) is 41.4 Å². The lowest BCUT2D eigenvalue weighted by molar-refractivity contribution is -0.129. The summed E-state index contributed by atoms with van der Waals surface area (Å²) >= 11 is 1.76. The highest BCUT2D eigenvalue weighted by molar-refractivity contribution is 14.0. The van der Waals surface area contributed by atoms with Crippen molar-refractivity contribution in [1.29, 1.82) is 0 Å². The van der Waals surface area contributed by atoms with Gasteiger partial charge in [0.1, 0.15) is 0 Å². The molecule has 2 N–H and O–H groups in total. The molecule has 1 aliphatic rings. The van der Waals surface area contributed by atoms with Gasteiger partial charge in [0.15, 0.2) is 5.96 Å². The summed E-state index contributed by atoms with van der Waals surface area (Å²) in [4.78, 5) is 24.1. The second kappa shape index (κ2) is 11.7. The molecule has 26 heavy (non-hydrogen) atoms. The van der Waals surface area contributed by atoms with E-state index in [1.165, 1.54) is 4.88 Å². The van der Waals surface area contributed by atoms with Crippen molar-refractivity contribution < 1.29 is 4.79 Å². The Morgan fingerprint density at radius 2 is 2.08 bits per heavy atom. The van der Waals surface area contributed by atoms with Crippen molar-refractivity contribution in [2.45, 2.75) is 58.9 Å². The minimum absolute atomic E-state index is 0. The van der Waals surface area contributed by atoms with Gasteiger partial charge in [-0.2, -0.15) is 0 Å². The van der Waals surface area contributed by atoms with E-state index in [1.54, 1.807) is 18.4 Å². The summed E-state index contributed by atoms with van der Waals surface area (Å²) < 4.78 is 0. The number of carbonyl (C=O) groups is 1. The third-order valence-electron chi connectivity index (χ3n) is 4.72. The minimum Gasteiger partial charge on any atom is -0.356 e. The zero-order chi connectivity index (χ0) is 18.2. The van der Waals surface area contributed by atoms with Crippen LogP contribution in [0.5, 0.6) is 0 Å². The number of aliphatic imine (C=N–C) groups is 1. The largest absolute Gasteiger partial charge is 0.356 e. The fraction of sp³-hybridized carbons (Fsp3) is 0.722. The van der Waals surface area contributed by atoms with Gasteiger partial charge in [-0.05, 0) is 33.1 Å². The van der Waals surface area contributed by atoms with Gasteiger partial charge in [0.25, 0.3) is 0 Å². The smallest absolute Gasteiger partial charge is 0.222 e. The average molecular weight is 493 g/mol. The molecular formula is C18H32IN5OS. The van der Waals surface area contributed by atoms with E-state index in [0.29, 0.717) is 18.4 Å². The summed E-state index contributed by atoms with van der Waals surface area (Å²) in [7, 11) is 1.79. The summed E-state index contributed by atoms with van der Waals surface area (Å²) in [6.45, 7) is 8.86. The van der Waals surface area contributed by atoms with Gasteiger partial charge in [-0.25, -0.2) is 4.98 Å². The Bertz CT molecular complexity index is 585. The number of nitrogens with zero attached hydrogens (tertiary/aromatic N) is 3. The van der Waals surface area contributed by atoms with Crippen LogP contribution in [0.15, 0.2) is 4.99 Å². The maximum Gasteiger partial charge on any atom is 0.222 e. The van der Waals surface area contributed by atoms with Crippen LogP contribution in [0, 0.1) is 13.8 Å². The van der Waals surface area contributed by atoms with Gasteiger partial charge in [0, 0.05) is 50.4 Å². The Morgan fingerprint density at radius 1 is 1.35 bits per heavy atom. The molecule has 0 bridgehead atoms. The number of hydrogen-bond donors (Lipinski definition) is 2. The average Bonchev–Trinajstić information content (AvgIpc) is 3.15. The molecule has 2 heterocycles. The molecule has 0 radical (unpaired) electrons. The van der Waals surface area contributed by atoms with Gasteiger partial charge in [0.05, 0.1) is 10.7 Å². The quantitative estimate of drug-likeness (QED) is 0.332. The third kappa shape index (κ3) is 6.68. The highest BCUT2D eigenvalue weighted by Gasteiger charge is 2.26. The van der Waals surface area contributed by atoms with Gasteiger partial charge in [-0.1, -0.05) is 6.92 Å². The summed E-state index contributed by atoms with van der Waals surface area (Å²) in [5, 5.41) is 7.86. The molecule has 1 atom stereocenters. The number of guanidine groups is 1. The van der Waals surface area contributed by atoms with Crippen LogP contribution < -0.4 is 10.6 Å². The highest BCUT2D eigenvalue weighted by Crippen LogP contribution is 2.18. The second-order valence-corrected chi connectivity index (χ2v) is 7.75. The summed E-state index contributed by atoms with van der Waals surface area (Å²) in [5.41, 5.74) is 1.13. The van der Waals surface area contributed by atoms with Crippen LogP contribution >= 0.6 is 35.3 Å². The Morgan fingerprint density at radius 3 is 2.62 bits per heavy atom. The van der Waals surface area contributed by atoms with Crippen molar-refractivity contribution in [3.63, 3.8) is 0 Å². The van der Waals surface area contributed by atoms with Crippen LogP contribution in [0.3, 0.4) is 0 Å². The second-order valence-electron chi connectivity index (χ2n) is 6.47. The monoisotopic (exact) mass is 493 g/mol. The predicted octanol–water partition coefficient (Wildman–Crippen LogP) is 2.88. The summed E-state index contributed by atoms with van der Waals surface area (Å²) in [5.74, 6) is 1.12. The lowest BCUT2D eigenvalue weighted by atomic mass is 10.1. The van der Waals surface area contributed by atoms with Gasteiger partial charge in [0.2, 0.25) is 5.91 Å². The molecule has 148 valence electrons. The zero-order valence-electron chi connectivity index (χ0n) is 16.3. The third-order valence-corrected chi connectivity index (χ3v) is 5.85. The number of nitrogens with one attached hydrogen (secondary N) is 2. The normalized spacial score (nSPS) is 15.8. The number of carbonyl (C=O) groups excluding carboxylic acids is 1. The molecule has 1 saturated heterocycles. The number of amides is 1. The van der Waals surface area contributed by atoms with E-state index in [9.17, 15) is 4.79 Å². The van der Waals surface area contributed by atoms with Crippen molar-refractivity contribution in [3.8, 4) is 0 Å². The first kappa shape index (κ1) is 23.1. The summed E-state index contributed by atoms with van der Waals surface area (Å²) in [6.07, 6.45) is 4.57. The van der Waals surface area contributed by atoms with Crippen LogP contribution in [0.1, 0.15) is 48.2 Å². The van der Waals surface area contributed by atoms with E-state index in [-0.39, 0.29) is 24.0 Å². The Kier molecular flexibility index (Phi) is 10.4.